The van der Waals surface area contributed by atoms with Crippen molar-refractivity contribution in [1.82, 2.24) is 0 Å². The van der Waals surface area contributed by atoms with Crippen LogP contribution in [0.15, 0.2) is 48.5 Å². The Kier molecular flexibility index (Phi) is 5.99. The lowest BCUT2D eigenvalue weighted by Gasteiger charge is -2.14. The lowest BCUT2D eigenvalue weighted by molar-refractivity contribution is -0.123. The van der Waals surface area contributed by atoms with Crippen molar-refractivity contribution in [2.24, 2.45) is 0 Å². The van der Waals surface area contributed by atoms with Crippen LogP contribution in [-0.4, -0.2) is 24.6 Å². The average molecular weight is 353 g/mol. The number of carbonyl (C=O) groups is 2. The molecule has 2 rings (SSSR count). The molecule has 1 atom stereocenters. The molecule has 0 radical (unpaired) electrons. The maximum atomic E-state index is 13.5. The van der Waals surface area contributed by atoms with Crippen molar-refractivity contribution in [2.75, 3.05) is 5.32 Å². The molecule has 0 bridgehead atoms. The molecule has 0 saturated carbocycles. The summed E-state index contributed by atoms with van der Waals surface area (Å²) in [5.41, 5.74) is 0.0102. The summed E-state index contributed by atoms with van der Waals surface area (Å²) in [4.78, 5) is 23.9. The molecule has 1 N–H and O–H groups in total. The van der Waals surface area contributed by atoms with Crippen molar-refractivity contribution < 1.29 is 32.2 Å². The number of esters is 1. The number of benzene rings is 2. The van der Waals surface area contributed by atoms with E-state index >= 15 is 0 Å². The number of rotatable bonds is 6. The molecule has 0 aliphatic rings. The Labute approximate surface area is 141 Å². The standard InChI is InChI=1S/C17H14F3NO4/c1-10(15(22)21-14-5-3-2-4-13(14)18)24-16(23)11-6-8-12(9-7-11)25-17(19)20/h2-10,17H,1H3,(H,21,22)/t10-/m0/s1. The van der Waals surface area contributed by atoms with Gasteiger partial charge in [-0.2, -0.15) is 8.78 Å². The van der Waals surface area contributed by atoms with Crippen molar-refractivity contribution in [2.45, 2.75) is 19.6 Å². The highest BCUT2D eigenvalue weighted by Gasteiger charge is 2.20. The van der Waals surface area contributed by atoms with Gasteiger partial charge in [0.15, 0.2) is 6.10 Å². The van der Waals surface area contributed by atoms with Gasteiger partial charge >= 0.3 is 12.6 Å². The van der Waals surface area contributed by atoms with E-state index in [1.807, 2.05) is 0 Å². The van der Waals surface area contributed by atoms with Crippen LogP contribution in [0, 0.1) is 5.82 Å². The monoisotopic (exact) mass is 353 g/mol. The highest BCUT2D eigenvalue weighted by Crippen LogP contribution is 2.17. The molecule has 25 heavy (non-hydrogen) atoms. The molecule has 1 amide bonds. The summed E-state index contributed by atoms with van der Waals surface area (Å²) in [5.74, 6) is -2.28. The second-order valence-corrected chi connectivity index (χ2v) is 4.92. The quantitative estimate of drug-likeness (QED) is 0.806. The molecular formula is C17H14F3NO4. The fraction of sp³-hybridized carbons (Fsp3) is 0.176. The number of alkyl halides is 2. The van der Waals surface area contributed by atoms with Crippen molar-refractivity contribution in [3.05, 3.63) is 59.9 Å². The minimum Gasteiger partial charge on any atom is -0.449 e. The third kappa shape index (κ3) is 5.23. The lowest BCUT2D eigenvalue weighted by atomic mass is 10.2. The summed E-state index contributed by atoms with van der Waals surface area (Å²) in [6.45, 7) is -1.65. The zero-order valence-corrected chi connectivity index (χ0v) is 13.0. The first-order valence-corrected chi connectivity index (χ1v) is 7.18. The highest BCUT2D eigenvalue weighted by atomic mass is 19.3. The van der Waals surface area contributed by atoms with Crippen molar-refractivity contribution in [3.8, 4) is 5.75 Å². The molecule has 0 heterocycles. The van der Waals surface area contributed by atoms with E-state index in [4.69, 9.17) is 4.74 Å². The maximum absolute atomic E-state index is 13.5. The van der Waals surface area contributed by atoms with Gasteiger partial charge in [0.05, 0.1) is 11.3 Å². The molecule has 0 saturated heterocycles. The molecule has 0 spiro atoms. The average Bonchev–Trinajstić information content (AvgIpc) is 2.56. The van der Waals surface area contributed by atoms with Gasteiger partial charge in [0.1, 0.15) is 11.6 Å². The zero-order valence-electron chi connectivity index (χ0n) is 13.0. The van der Waals surface area contributed by atoms with Crippen molar-refractivity contribution in [1.29, 1.82) is 0 Å². The van der Waals surface area contributed by atoms with Gasteiger partial charge in [0.2, 0.25) is 0 Å². The third-order valence-corrected chi connectivity index (χ3v) is 3.10. The molecule has 2 aromatic carbocycles. The predicted molar refractivity (Wildman–Crippen MR) is 83.0 cm³/mol. The minimum absolute atomic E-state index is 0.0381. The fourth-order valence-corrected chi connectivity index (χ4v) is 1.85. The number of carbonyl (C=O) groups excluding carboxylic acids is 2. The number of hydrogen-bond acceptors (Lipinski definition) is 4. The summed E-state index contributed by atoms with van der Waals surface area (Å²) in [5, 5.41) is 2.30. The van der Waals surface area contributed by atoms with Crippen LogP contribution >= 0.6 is 0 Å². The van der Waals surface area contributed by atoms with Gasteiger partial charge in [-0.1, -0.05) is 12.1 Å². The summed E-state index contributed by atoms with van der Waals surface area (Å²) in [6, 6.07) is 10.3. The first-order chi connectivity index (χ1) is 11.9. The van der Waals surface area contributed by atoms with E-state index in [-0.39, 0.29) is 17.0 Å². The van der Waals surface area contributed by atoms with Gasteiger partial charge in [0.25, 0.3) is 5.91 Å². The largest absolute Gasteiger partial charge is 0.449 e. The van der Waals surface area contributed by atoms with Crippen LogP contribution in [0.5, 0.6) is 5.75 Å². The number of amides is 1. The smallest absolute Gasteiger partial charge is 0.387 e. The Hall–Kier alpha value is -3.03. The van der Waals surface area contributed by atoms with Crippen LogP contribution in [0.3, 0.4) is 0 Å². The Morgan fingerprint density at radius 2 is 1.68 bits per heavy atom. The van der Waals surface area contributed by atoms with E-state index in [0.29, 0.717) is 0 Å². The molecule has 0 unspecified atom stereocenters. The minimum atomic E-state index is -2.97. The zero-order chi connectivity index (χ0) is 18.4. The molecule has 0 aliphatic heterocycles. The first-order valence-electron chi connectivity index (χ1n) is 7.18. The number of para-hydroxylation sites is 1. The summed E-state index contributed by atoms with van der Waals surface area (Å²) in [7, 11) is 0. The second kappa shape index (κ2) is 8.18. The van der Waals surface area contributed by atoms with Gasteiger partial charge in [-0.3, -0.25) is 4.79 Å². The van der Waals surface area contributed by atoms with E-state index in [1.165, 1.54) is 49.4 Å². The SMILES string of the molecule is C[C@H](OC(=O)c1ccc(OC(F)F)cc1)C(=O)Nc1ccccc1F. The van der Waals surface area contributed by atoms with Gasteiger partial charge in [-0.05, 0) is 43.3 Å². The number of ether oxygens (including phenoxy) is 2. The molecular weight excluding hydrogens is 339 g/mol. The molecule has 0 aromatic heterocycles. The van der Waals surface area contributed by atoms with Crippen molar-refractivity contribution >= 4 is 17.6 Å². The first kappa shape index (κ1) is 18.3. The van der Waals surface area contributed by atoms with Crippen LogP contribution in [0.1, 0.15) is 17.3 Å². The van der Waals surface area contributed by atoms with Gasteiger partial charge in [0, 0.05) is 0 Å². The number of hydrogen-bond donors (Lipinski definition) is 1. The van der Waals surface area contributed by atoms with Gasteiger partial charge in [-0.15, -0.1) is 0 Å². The molecule has 0 aliphatic carbocycles. The highest BCUT2D eigenvalue weighted by molar-refractivity contribution is 5.97. The summed E-state index contributed by atoms with van der Waals surface area (Å²) >= 11 is 0. The van der Waals surface area contributed by atoms with Crippen LogP contribution < -0.4 is 10.1 Å². The third-order valence-electron chi connectivity index (χ3n) is 3.10. The second-order valence-electron chi connectivity index (χ2n) is 4.92. The van der Waals surface area contributed by atoms with Gasteiger partial charge in [-0.25, -0.2) is 9.18 Å². The summed E-state index contributed by atoms with van der Waals surface area (Å²) in [6.07, 6.45) is -1.19. The molecule has 0 fully saturated rings. The number of anilines is 1. The molecule has 2 aromatic rings. The van der Waals surface area contributed by atoms with Crippen LogP contribution in [0.2, 0.25) is 0 Å². The summed E-state index contributed by atoms with van der Waals surface area (Å²) < 4.78 is 46.7. The molecule has 8 heteroatoms. The van der Waals surface area contributed by atoms with E-state index in [0.717, 1.165) is 0 Å². The topological polar surface area (TPSA) is 64.6 Å². The van der Waals surface area contributed by atoms with E-state index < -0.39 is 30.4 Å². The maximum Gasteiger partial charge on any atom is 0.387 e. The number of halogens is 3. The van der Waals surface area contributed by atoms with E-state index in [2.05, 4.69) is 10.1 Å². The Morgan fingerprint density at radius 3 is 2.28 bits per heavy atom. The van der Waals surface area contributed by atoms with Crippen LogP contribution in [-0.2, 0) is 9.53 Å². The predicted octanol–water partition coefficient (Wildman–Crippen LogP) is 3.61. The van der Waals surface area contributed by atoms with Crippen LogP contribution in [0.4, 0.5) is 18.9 Å². The Morgan fingerprint density at radius 1 is 1.04 bits per heavy atom. The number of nitrogens with one attached hydrogen (secondary N) is 1. The van der Waals surface area contributed by atoms with E-state index in [9.17, 15) is 22.8 Å². The lowest BCUT2D eigenvalue weighted by Crippen LogP contribution is -2.30. The van der Waals surface area contributed by atoms with E-state index in [1.54, 1.807) is 6.07 Å². The van der Waals surface area contributed by atoms with Crippen molar-refractivity contribution in [3.63, 3.8) is 0 Å². The Bertz CT molecular complexity index is 750. The fourth-order valence-electron chi connectivity index (χ4n) is 1.85. The normalized spacial score (nSPS) is 11.7. The van der Waals surface area contributed by atoms with Gasteiger partial charge < -0.3 is 14.8 Å². The molecule has 5 nitrogen and oxygen atoms in total. The molecule has 132 valence electrons. The van der Waals surface area contributed by atoms with Crippen LogP contribution in [0.25, 0.3) is 0 Å². The Balaban J connectivity index is 1.95.